The number of rotatable bonds is 6. The fourth-order valence-electron chi connectivity index (χ4n) is 2.44. The van der Waals surface area contributed by atoms with Crippen LogP contribution in [0.4, 0.5) is 17.1 Å². The lowest BCUT2D eigenvalue weighted by atomic mass is 10.0. The lowest BCUT2D eigenvalue weighted by Crippen LogP contribution is -2.27. The summed E-state index contributed by atoms with van der Waals surface area (Å²) in [6.45, 7) is 3.97. The van der Waals surface area contributed by atoms with Gasteiger partial charge in [0.1, 0.15) is 5.69 Å². The lowest BCUT2D eigenvalue weighted by Gasteiger charge is -2.23. The standard InChI is InChI=1S/C14H19N3O4/c1-8(2)10(3-4-18)15-12-7-11-9(6-14(19)16-11)5-13(12)17(20)21/h5,7-8,10,15,18H,3-4,6H2,1-2H3,(H,16,19). The molecule has 1 aliphatic rings. The Hall–Kier alpha value is -2.15. The molecule has 7 nitrogen and oxygen atoms in total. The van der Waals surface area contributed by atoms with Gasteiger partial charge in [-0.15, -0.1) is 0 Å². The maximum Gasteiger partial charge on any atom is 0.292 e. The third kappa shape index (κ3) is 3.30. The summed E-state index contributed by atoms with van der Waals surface area (Å²) in [5, 5.41) is 26.1. The van der Waals surface area contributed by atoms with Crippen molar-refractivity contribution in [3.63, 3.8) is 0 Å². The molecule has 7 heteroatoms. The van der Waals surface area contributed by atoms with Gasteiger partial charge in [-0.25, -0.2) is 0 Å². The molecule has 0 bridgehead atoms. The lowest BCUT2D eigenvalue weighted by molar-refractivity contribution is -0.384. The van der Waals surface area contributed by atoms with Crippen molar-refractivity contribution in [2.24, 2.45) is 5.92 Å². The molecule has 3 N–H and O–H groups in total. The average molecular weight is 293 g/mol. The first-order valence-electron chi connectivity index (χ1n) is 6.91. The second kappa shape index (κ2) is 6.09. The van der Waals surface area contributed by atoms with E-state index in [9.17, 15) is 14.9 Å². The first-order chi connectivity index (χ1) is 9.92. The number of aliphatic hydroxyl groups excluding tert-OH is 1. The highest BCUT2D eigenvalue weighted by Crippen LogP contribution is 2.35. The molecular formula is C14H19N3O4. The molecule has 2 rings (SSSR count). The van der Waals surface area contributed by atoms with Crippen molar-refractivity contribution in [3.8, 4) is 0 Å². The summed E-state index contributed by atoms with van der Waals surface area (Å²) in [7, 11) is 0. The molecule has 0 spiro atoms. The number of hydrogen-bond donors (Lipinski definition) is 3. The van der Waals surface area contributed by atoms with Crippen LogP contribution in [0.25, 0.3) is 0 Å². The number of fused-ring (bicyclic) bond motifs is 1. The highest BCUT2D eigenvalue weighted by molar-refractivity contribution is 6.00. The van der Waals surface area contributed by atoms with Crippen LogP contribution in [0.15, 0.2) is 12.1 Å². The van der Waals surface area contributed by atoms with Crippen LogP contribution in [0.2, 0.25) is 0 Å². The molecule has 0 saturated carbocycles. The summed E-state index contributed by atoms with van der Waals surface area (Å²) >= 11 is 0. The van der Waals surface area contributed by atoms with Gasteiger partial charge in [-0.2, -0.15) is 0 Å². The number of nitrogens with one attached hydrogen (secondary N) is 2. The maximum atomic E-state index is 11.4. The first kappa shape index (κ1) is 15.2. The normalized spacial score (nSPS) is 14.8. The van der Waals surface area contributed by atoms with Gasteiger partial charge >= 0.3 is 0 Å². The minimum Gasteiger partial charge on any atom is -0.396 e. The fraction of sp³-hybridized carbons (Fsp3) is 0.500. The number of nitro benzene ring substituents is 1. The Morgan fingerprint density at radius 3 is 2.76 bits per heavy atom. The number of anilines is 2. The van der Waals surface area contributed by atoms with Crippen molar-refractivity contribution in [1.82, 2.24) is 0 Å². The van der Waals surface area contributed by atoms with Gasteiger partial charge in [0.2, 0.25) is 5.91 Å². The van der Waals surface area contributed by atoms with Gasteiger partial charge in [0.05, 0.1) is 11.3 Å². The second-order valence-corrected chi connectivity index (χ2v) is 5.52. The second-order valence-electron chi connectivity index (χ2n) is 5.52. The molecule has 0 radical (unpaired) electrons. The van der Waals surface area contributed by atoms with E-state index in [0.29, 0.717) is 23.4 Å². The number of nitrogens with zero attached hydrogens (tertiary/aromatic N) is 1. The molecule has 0 saturated heterocycles. The van der Waals surface area contributed by atoms with E-state index in [0.717, 1.165) is 0 Å². The fourth-order valence-corrected chi connectivity index (χ4v) is 2.44. The van der Waals surface area contributed by atoms with Gasteiger partial charge in [0.25, 0.3) is 5.69 Å². The molecule has 1 aromatic carbocycles. The summed E-state index contributed by atoms with van der Waals surface area (Å²) in [6.07, 6.45) is 0.666. The van der Waals surface area contributed by atoms with Gasteiger partial charge in [-0.1, -0.05) is 13.8 Å². The SMILES string of the molecule is CC(C)C(CCO)Nc1cc2c(cc1[N+](=O)[O-])CC(=O)N2. The van der Waals surface area contributed by atoms with Crippen molar-refractivity contribution in [1.29, 1.82) is 0 Å². The van der Waals surface area contributed by atoms with Crippen LogP contribution in [0.1, 0.15) is 25.8 Å². The summed E-state index contributed by atoms with van der Waals surface area (Å²) < 4.78 is 0. The summed E-state index contributed by atoms with van der Waals surface area (Å²) in [4.78, 5) is 22.2. The minimum absolute atomic E-state index is 0.00528. The van der Waals surface area contributed by atoms with Crippen molar-refractivity contribution >= 4 is 23.0 Å². The first-order valence-corrected chi connectivity index (χ1v) is 6.91. The van der Waals surface area contributed by atoms with Gasteiger partial charge in [0.15, 0.2) is 0 Å². The van der Waals surface area contributed by atoms with E-state index in [1.54, 1.807) is 6.07 Å². The Kier molecular flexibility index (Phi) is 4.42. The van der Waals surface area contributed by atoms with E-state index in [-0.39, 0.29) is 36.6 Å². The van der Waals surface area contributed by atoms with Gasteiger partial charge in [0, 0.05) is 24.4 Å². The smallest absolute Gasteiger partial charge is 0.292 e. The van der Waals surface area contributed by atoms with Gasteiger partial charge < -0.3 is 15.7 Å². The van der Waals surface area contributed by atoms with Crippen LogP contribution >= 0.6 is 0 Å². The van der Waals surface area contributed by atoms with Crippen LogP contribution in [-0.2, 0) is 11.2 Å². The number of carbonyl (C=O) groups is 1. The van der Waals surface area contributed by atoms with Crippen LogP contribution in [0.5, 0.6) is 0 Å². The zero-order valence-corrected chi connectivity index (χ0v) is 12.0. The topological polar surface area (TPSA) is 104 Å². The molecule has 1 aromatic rings. The van der Waals surface area contributed by atoms with Gasteiger partial charge in [-0.3, -0.25) is 14.9 Å². The molecule has 0 fully saturated rings. The predicted octanol–water partition coefficient (Wildman–Crippen LogP) is 1.91. The zero-order valence-electron chi connectivity index (χ0n) is 12.0. The number of carbonyl (C=O) groups excluding carboxylic acids is 1. The van der Waals surface area contributed by atoms with Crippen molar-refractivity contribution in [2.45, 2.75) is 32.7 Å². The predicted molar refractivity (Wildman–Crippen MR) is 79.4 cm³/mol. The van der Waals surface area contributed by atoms with E-state index >= 15 is 0 Å². The van der Waals surface area contributed by atoms with Crippen LogP contribution in [-0.4, -0.2) is 28.6 Å². The highest BCUT2D eigenvalue weighted by atomic mass is 16.6. The molecule has 1 atom stereocenters. The monoisotopic (exact) mass is 293 g/mol. The van der Waals surface area contributed by atoms with E-state index in [4.69, 9.17) is 5.11 Å². The third-order valence-electron chi connectivity index (χ3n) is 3.63. The average Bonchev–Trinajstić information content (AvgIpc) is 2.76. The molecule has 1 heterocycles. The Bertz CT molecular complexity index is 572. The maximum absolute atomic E-state index is 11.4. The molecule has 0 aliphatic carbocycles. The van der Waals surface area contributed by atoms with Crippen molar-refractivity contribution in [3.05, 3.63) is 27.8 Å². The molecule has 21 heavy (non-hydrogen) atoms. The van der Waals surface area contributed by atoms with E-state index < -0.39 is 4.92 Å². The highest BCUT2D eigenvalue weighted by Gasteiger charge is 2.26. The van der Waals surface area contributed by atoms with E-state index in [1.165, 1.54) is 6.07 Å². The number of hydrogen-bond acceptors (Lipinski definition) is 5. The van der Waals surface area contributed by atoms with E-state index in [2.05, 4.69) is 10.6 Å². The van der Waals surface area contributed by atoms with Crippen LogP contribution < -0.4 is 10.6 Å². The zero-order chi connectivity index (χ0) is 15.6. The minimum atomic E-state index is -0.457. The largest absolute Gasteiger partial charge is 0.396 e. The quantitative estimate of drug-likeness (QED) is 0.549. The van der Waals surface area contributed by atoms with Gasteiger partial charge in [-0.05, 0) is 24.0 Å². The summed E-state index contributed by atoms with van der Waals surface area (Å²) in [5.74, 6) is 0.0480. The number of aliphatic hydroxyl groups is 1. The summed E-state index contributed by atoms with van der Waals surface area (Å²) in [6, 6.07) is 2.96. The van der Waals surface area contributed by atoms with Crippen molar-refractivity contribution < 1.29 is 14.8 Å². The molecule has 0 aromatic heterocycles. The molecular weight excluding hydrogens is 274 g/mol. The molecule has 114 valence electrons. The Morgan fingerprint density at radius 2 is 2.19 bits per heavy atom. The summed E-state index contributed by atoms with van der Waals surface area (Å²) in [5.41, 5.74) is 1.57. The Labute approximate surface area is 122 Å². The molecule has 1 unspecified atom stereocenters. The molecule has 1 aliphatic heterocycles. The molecule has 1 amide bonds. The number of benzene rings is 1. The Balaban J connectivity index is 2.35. The number of amides is 1. The van der Waals surface area contributed by atoms with E-state index in [1.807, 2.05) is 13.8 Å². The number of nitro groups is 1. The van der Waals surface area contributed by atoms with Crippen molar-refractivity contribution in [2.75, 3.05) is 17.2 Å². The Morgan fingerprint density at radius 1 is 1.48 bits per heavy atom. The van der Waals surface area contributed by atoms with Crippen LogP contribution in [0.3, 0.4) is 0 Å². The van der Waals surface area contributed by atoms with Crippen LogP contribution in [0, 0.1) is 16.0 Å². The third-order valence-corrected chi connectivity index (χ3v) is 3.63.